The van der Waals surface area contributed by atoms with E-state index in [9.17, 15) is 9.59 Å². The molecular weight excluding hydrogens is 252 g/mol. The van der Waals surface area contributed by atoms with E-state index in [0.29, 0.717) is 13.1 Å². The molecule has 0 saturated carbocycles. The number of carbonyl (C=O) groups is 2. The summed E-state index contributed by atoms with van der Waals surface area (Å²) in [4.78, 5) is 24.4. The van der Waals surface area contributed by atoms with Gasteiger partial charge in [0.2, 0.25) is 11.8 Å². The van der Waals surface area contributed by atoms with Crippen molar-refractivity contribution < 1.29 is 9.59 Å². The van der Waals surface area contributed by atoms with Crippen molar-refractivity contribution in [2.45, 2.75) is 19.8 Å². The number of nitrogens with zero attached hydrogens (tertiary/aromatic N) is 1. The third kappa shape index (κ3) is 6.18. The van der Waals surface area contributed by atoms with Crippen molar-refractivity contribution in [2.24, 2.45) is 0 Å². The lowest BCUT2D eigenvalue weighted by Gasteiger charge is -2.18. The monoisotopic (exact) mass is 274 g/mol. The van der Waals surface area contributed by atoms with Crippen molar-refractivity contribution in [3.8, 4) is 0 Å². The van der Waals surface area contributed by atoms with Gasteiger partial charge in [0.25, 0.3) is 0 Å². The Morgan fingerprint density at radius 2 is 2.00 bits per heavy atom. The van der Waals surface area contributed by atoms with Crippen LogP contribution >= 0.6 is 0 Å². The van der Waals surface area contributed by atoms with E-state index in [1.54, 1.807) is 6.08 Å². The van der Waals surface area contributed by atoms with Crippen molar-refractivity contribution in [3.05, 3.63) is 48.6 Å². The summed E-state index contributed by atoms with van der Waals surface area (Å²) in [6, 6.07) is 10.1. The van der Waals surface area contributed by atoms with Crippen LogP contribution in [0.25, 0.3) is 0 Å². The number of aryl methyl sites for hydroxylation is 1. The summed E-state index contributed by atoms with van der Waals surface area (Å²) in [6.07, 6.45) is 3.44. The van der Waals surface area contributed by atoms with Gasteiger partial charge >= 0.3 is 0 Å². The van der Waals surface area contributed by atoms with E-state index in [2.05, 4.69) is 24.0 Å². The predicted octanol–water partition coefficient (Wildman–Crippen LogP) is 1.77. The first kappa shape index (κ1) is 16.0. The Bertz CT molecular complexity index is 443. The van der Waals surface area contributed by atoms with Gasteiger partial charge in [0.1, 0.15) is 0 Å². The average molecular weight is 274 g/mol. The van der Waals surface area contributed by atoms with Gasteiger partial charge in [-0.1, -0.05) is 36.4 Å². The maximum Gasteiger partial charge on any atom is 0.239 e. The zero-order valence-electron chi connectivity index (χ0n) is 12.0. The van der Waals surface area contributed by atoms with Crippen molar-refractivity contribution in [1.82, 2.24) is 10.2 Å². The highest BCUT2D eigenvalue weighted by molar-refractivity contribution is 5.83. The molecule has 0 atom stereocenters. The Morgan fingerprint density at radius 3 is 2.60 bits per heavy atom. The molecule has 0 aromatic heterocycles. The molecule has 0 radical (unpaired) electrons. The Morgan fingerprint density at radius 1 is 1.30 bits per heavy atom. The van der Waals surface area contributed by atoms with Crippen molar-refractivity contribution in [1.29, 1.82) is 0 Å². The minimum Gasteiger partial charge on any atom is -0.355 e. The molecule has 4 heteroatoms. The first-order chi connectivity index (χ1) is 9.63. The lowest BCUT2D eigenvalue weighted by atomic mass is 10.1. The van der Waals surface area contributed by atoms with Crippen LogP contribution in [0.5, 0.6) is 0 Å². The number of hydrogen-bond donors (Lipinski definition) is 1. The third-order valence-electron chi connectivity index (χ3n) is 2.94. The SMILES string of the molecule is C=CCN(CC(=O)NCCCc1ccccc1)C(C)=O. The van der Waals surface area contributed by atoms with E-state index in [1.807, 2.05) is 18.2 Å². The van der Waals surface area contributed by atoms with Gasteiger partial charge in [0.05, 0.1) is 6.54 Å². The third-order valence-corrected chi connectivity index (χ3v) is 2.94. The van der Waals surface area contributed by atoms with Crippen molar-refractivity contribution >= 4 is 11.8 Å². The molecule has 0 spiro atoms. The average Bonchev–Trinajstić information content (AvgIpc) is 2.44. The van der Waals surface area contributed by atoms with E-state index in [0.717, 1.165) is 12.8 Å². The summed E-state index contributed by atoms with van der Waals surface area (Å²) in [5.74, 6) is -0.251. The van der Waals surface area contributed by atoms with Crippen LogP contribution in [-0.4, -0.2) is 36.3 Å². The van der Waals surface area contributed by atoms with Crippen molar-refractivity contribution in [3.63, 3.8) is 0 Å². The number of nitrogens with one attached hydrogen (secondary N) is 1. The molecule has 20 heavy (non-hydrogen) atoms. The molecule has 1 N–H and O–H groups in total. The van der Waals surface area contributed by atoms with Gasteiger partial charge in [-0.2, -0.15) is 0 Å². The summed E-state index contributed by atoms with van der Waals surface area (Å²) in [5, 5.41) is 2.83. The normalized spacial score (nSPS) is 9.85. The van der Waals surface area contributed by atoms with E-state index in [-0.39, 0.29) is 18.4 Å². The molecule has 1 aromatic rings. The van der Waals surface area contributed by atoms with Crippen LogP contribution < -0.4 is 5.32 Å². The quantitative estimate of drug-likeness (QED) is 0.580. The lowest BCUT2D eigenvalue weighted by molar-refractivity contribution is -0.133. The van der Waals surface area contributed by atoms with Crippen LogP contribution in [0.3, 0.4) is 0 Å². The molecule has 4 nitrogen and oxygen atoms in total. The summed E-state index contributed by atoms with van der Waals surface area (Å²) in [6.45, 7) is 6.13. The zero-order valence-corrected chi connectivity index (χ0v) is 12.0. The largest absolute Gasteiger partial charge is 0.355 e. The van der Waals surface area contributed by atoms with E-state index in [4.69, 9.17) is 0 Å². The fourth-order valence-corrected chi connectivity index (χ4v) is 1.85. The van der Waals surface area contributed by atoms with E-state index < -0.39 is 0 Å². The molecule has 0 aliphatic carbocycles. The van der Waals surface area contributed by atoms with E-state index >= 15 is 0 Å². The van der Waals surface area contributed by atoms with Gasteiger partial charge in [0, 0.05) is 20.0 Å². The minimum absolute atomic E-state index is 0.0900. The lowest BCUT2D eigenvalue weighted by Crippen LogP contribution is -2.40. The Balaban J connectivity index is 2.22. The molecule has 0 saturated heterocycles. The number of amides is 2. The van der Waals surface area contributed by atoms with Crippen LogP contribution in [0.4, 0.5) is 0 Å². The van der Waals surface area contributed by atoms with Crippen LogP contribution in [0.15, 0.2) is 43.0 Å². The number of hydrogen-bond acceptors (Lipinski definition) is 2. The Labute approximate surface area is 120 Å². The highest BCUT2D eigenvalue weighted by atomic mass is 16.2. The molecular formula is C16H22N2O2. The number of carbonyl (C=O) groups excluding carboxylic acids is 2. The molecule has 0 bridgehead atoms. The van der Waals surface area contributed by atoms with Gasteiger partial charge in [-0.05, 0) is 18.4 Å². The first-order valence-electron chi connectivity index (χ1n) is 6.80. The predicted molar refractivity (Wildman–Crippen MR) is 80.2 cm³/mol. The second-order valence-corrected chi connectivity index (χ2v) is 4.63. The van der Waals surface area contributed by atoms with Gasteiger partial charge in [-0.25, -0.2) is 0 Å². The Hall–Kier alpha value is -2.10. The summed E-state index contributed by atoms with van der Waals surface area (Å²) in [5.41, 5.74) is 1.26. The molecule has 108 valence electrons. The standard InChI is InChI=1S/C16H22N2O2/c1-3-12-18(14(2)19)13-16(20)17-11-7-10-15-8-5-4-6-9-15/h3-6,8-9H,1,7,10-13H2,2H3,(H,17,20). The molecule has 0 heterocycles. The minimum atomic E-state index is -0.130. The van der Waals surface area contributed by atoms with Gasteiger partial charge in [-0.15, -0.1) is 6.58 Å². The first-order valence-corrected chi connectivity index (χ1v) is 6.80. The fraction of sp³-hybridized carbons (Fsp3) is 0.375. The molecule has 1 rings (SSSR count). The molecule has 2 amide bonds. The van der Waals surface area contributed by atoms with Crippen LogP contribution in [-0.2, 0) is 16.0 Å². The summed E-state index contributed by atoms with van der Waals surface area (Å²) >= 11 is 0. The van der Waals surface area contributed by atoms with Crippen LogP contribution in [0.1, 0.15) is 18.9 Å². The number of benzene rings is 1. The van der Waals surface area contributed by atoms with Crippen molar-refractivity contribution in [2.75, 3.05) is 19.6 Å². The second kappa shape index (κ2) is 8.91. The summed E-state index contributed by atoms with van der Waals surface area (Å²) < 4.78 is 0. The maximum atomic E-state index is 11.7. The zero-order chi connectivity index (χ0) is 14.8. The molecule has 0 fully saturated rings. The molecule has 0 aliphatic heterocycles. The maximum absolute atomic E-state index is 11.7. The topological polar surface area (TPSA) is 49.4 Å². The highest BCUT2D eigenvalue weighted by Gasteiger charge is 2.11. The molecule has 0 aliphatic rings. The van der Waals surface area contributed by atoms with E-state index in [1.165, 1.54) is 17.4 Å². The summed E-state index contributed by atoms with van der Waals surface area (Å²) in [7, 11) is 0. The van der Waals surface area contributed by atoms with Gasteiger partial charge < -0.3 is 10.2 Å². The highest BCUT2D eigenvalue weighted by Crippen LogP contribution is 2.01. The van der Waals surface area contributed by atoms with Crippen LogP contribution in [0, 0.1) is 0 Å². The molecule has 0 unspecified atom stereocenters. The fourth-order valence-electron chi connectivity index (χ4n) is 1.85. The van der Waals surface area contributed by atoms with Gasteiger partial charge in [0.15, 0.2) is 0 Å². The van der Waals surface area contributed by atoms with Gasteiger partial charge in [-0.3, -0.25) is 9.59 Å². The van der Waals surface area contributed by atoms with Crippen LogP contribution in [0.2, 0.25) is 0 Å². The number of rotatable bonds is 8. The smallest absolute Gasteiger partial charge is 0.239 e. The Kier molecular flexibility index (Phi) is 7.11. The molecule has 1 aromatic carbocycles. The second-order valence-electron chi connectivity index (χ2n) is 4.63.